The summed E-state index contributed by atoms with van der Waals surface area (Å²) in [6.45, 7) is 2.12. The molecule has 1 spiro atoms. The van der Waals surface area contributed by atoms with Crippen LogP contribution in [0.3, 0.4) is 0 Å². The lowest BCUT2D eigenvalue weighted by molar-refractivity contribution is -0.141. The van der Waals surface area contributed by atoms with Gasteiger partial charge in [-0.2, -0.15) is 0 Å². The third kappa shape index (κ3) is 4.22. The first-order valence-electron chi connectivity index (χ1n) is 11.9. The largest absolute Gasteiger partial charge is 0.334 e. The number of hydrogen-bond acceptors (Lipinski definition) is 5. The molecule has 1 saturated heterocycles. The minimum Gasteiger partial charge on any atom is -0.334 e. The maximum absolute atomic E-state index is 13.6. The van der Waals surface area contributed by atoms with E-state index in [9.17, 15) is 22.8 Å². The zero-order valence-electron chi connectivity index (χ0n) is 19.9. The Morgan fingerprint density at radius 3 is 2.54 bits per heavy atom. The Labute approximate surface area is 205 Å². The number of carbonyl (C=O) groups is 3. The molecule has 184 valence electrons. The molecule has 0 radical (unpaired) electrons. The van der Waals surface area contributed by atoms with Gasteiger partial charge in [-0.25, -0.2) is 13.2 Å². The van der Waals surface area contributed by atoms with Gasteiger partial charge >= 0.3 is 6.03 Å². The second kappa shape index (κ2) is 8.48. The standard InChI is InChI=1S/C26H29N3O5S/c1-17(19-8-9-19)28(15-18-6-4-3-5-7-18)23(30)16-29-24(31)26(27-25(29)32)13-12-20-14-21(35(2,33)34)10-11-22(20)26/h3-7,10-11,14,17,19H,8-9,12-13,15-16H2,1-2H3,(H,27,32). The van der Waals surface area contributed by atoms with Crippen LogP contribution in [0.2, 0.25) is 0 Å². The number of imide groups is 1. The number of amides is 4. The number of hydrogen-bond donors (Lipinski definition) is 1. The number of sulfone groups is 1. The highest BCUT2D eigenvalue weighted by Crippen LogP contribution is 2.42. The SMILES string of the molecule is CC(C1CC1)N(Cc1ccccc1)C(=O)CN1C(=O)NC2(CCc3cc(S(C)(=O)=O)ccc32)C1=O. The first-order valence-corrected chi connectivity index (χ1v) is 13.8. The quantitative estimate of drug-likeness (QED) is 0.595. The van der Waals surface area contributed by atoms with E-state index in [0.717, 1.165) is 35.1 Å². The van der Waals surface area contributed by atoms with Crippen molar-refractivity contribution in [3.8, 4) is 0 Å². The zero-order valence-corrected chi connectivity index (χ0v) is 20.7. The van der Waals surface area contributed by atoms with Crippen molar-refractivity contribution < 1.29 is 22.8 Å². The molecule has 1 N–H and O–H groups in total. The van der Waals surface area contributed by atoms with Crippen LogP contribution in [0, 0.1) is 5.92 Å². The van der Waals surface area contributed by atoms with Crippen LogP contribution in [0.1, 0.15) is 42.9 Å². The first kappa shape index (κ1) is 23.5. The average molecular weight is 496 g/mol. The van der Waals surface area contributed by atoms with E-state index in [1.54, 1.807) is 17.0 Å². The van der Waals surface area contributed by atoms with Crippen molar-refractivity contribution in [1.82, 2.24) is 15.1 Å². The Morgan fingerprint density at radius 1 is 1.17 bits per heavy atom. The summed E-state index contributed by atoms with van der Waals surface area (Å²) in [7, 11) is -3.39. The van der Waals surface area contributed by atoms with Crippen LogP contribution in [0.25, 0.3) is 0 Å². The van der Waals surface area contributed by atoms with Gasteiger partial charge in [0.15, 0.2) is 9.84 Å². The molecule has 3 aliphatic rings. The molecule has 2 aromatic carbocycles. The average Bonchev–Trinajstić information content (AvgIpc) is 3.58. The van der Waals surface area contributed by atoms with Crippen molar-refractivity contribution in [2.24, 2.45) is 5.92 Å². The lowest BCUT2D eigenvalue weighted by Gasteiger charge is -2.31. The summed E-state index contributed by atoms with van der Waals surface area (Å²) in [5.41, 5.74) is 1.07. The number of fused-ring (bicyclic) bond motifs is 2. The zero-order chi connectivity index (χ0) is 25.0. The van der Waals surface area contributed by atoms with Gasteiger partial charge in [0.25, 0.3) is 5.91 Å². The highest BCUT2D eigenvalue weighted by Gasteiger charge is 2.56. The van der Waals surface area contributed by atoms with Gasteiger partial charge < -0.3 is 10.2 Å². The highest BCUT2D eigenvalue weighted by molar-refractivity contribution is 7.90. The Bertz CT molecular complexity index is 1310. The molecule has 2 unspecified atom stereocenters. The first-order chi connectivity index (χ1) is 16.6. The van der Waals surface area contributed by atoms with Crippen LogP contribution in [0.5, 0.6) is 0 Å². The molecule has 0 bridgehead atoms. The van der Waals surface area contributed by atoms with Crippen molar-refractivity contribution in [1.29, 1.82) is 0 Å². The fourth-order valence-corrected chi connectivity index (χ4v) is 5.97. The summed E-state index contributed by atoms with van der Waals surface area (Å²) < 4.78 is 23.9. The molecule has 9 heteroatoms. The van der Waals surface area contributed by atoms with Crippen LogP contribution >= 0.6 is 0 Å². The summed E-state index contributed by atoms with van der Waals surface area (Å²) in [4.78, 5) is 42.9. The molecule has 2 aliphatic carbocycles. The van der Waals surface area contributed by atoms with E-state index in [-0.39, 0.29) is 23.4 Å². The maximum atomic E-state index is 13.6. The van der Waals surface area contributed by atoms with Gasteiger partial charge in [0.05, 0.1) is 4.90 Å². The molecule has 2 fully saturated rings. The van der Waals surface area contributed by atoms with Crippen molar-refractivity contribution in [3.63, 3.8) is 0 Å². The third-order valence-corrected chi connectivity index (χ3v) is 8.63. The van der Waals surface area contributed by atoms with E-state index >= 15 is 0 Å². The van der Waals surface area contributed by atoms with Crippen molar-refractivity contribution in [2.75, 3.05) is 12.8 Å². The molecular weight excluding hydrogens is 466 g/mol. The van der Waals surface area contributed by atoms with Crippen molar-refractivity contribution in [3.05, 3.63) is 65.2 Å². The molecule has 2 aromatic rings. The number of carbonyl (C=O) groups excluding carboxylic acids is 3. The predicted octanol–water partition coefficient (Wildman–Crippen LogP) is 2.61. The Balaban J connectivity index is 1.38. The van der Waals surface area contributed by atoms with Crippen molar-refractivity contribution >= 4 is 27.7 Å². The second-order valence-corrected chi connectivity index (χ2v) is 11.9. The Kier molecular flexibility index (Phi) is 5.70. The van der Waals surface area contributed by atoms with Crippen molar-refractivity contribution in [2.45, 2.75) is 55.6 Å². The summed E-state index contributed by atoms with van der Waals surface area (Å²) in [5.74, 6) is -0.289. The molecule has 35 heavy (non-hydrogen) atoms. The smallest absolute Gasteiger partial charge is 0.325 e. The number of benzene rings is 2. The van der Waals surface area contributed by atoms with Gasteiger partial charge in [0.2, 0.25) is 5.91 Å². The molecule has 1 heterocycles. The van der Waals surface area contributed by atoms with Crippen LogP contribution in [-0.4, -0.2) is 54.9 Å². The molecule has 1 aliphatic heterocycles. The van der Waals surface area contributed by atoms with Gasteiger partial charge in [0.1, 0.15) is 12.1 Å². The number of nitrogens with one attached hydrogen (secondary N) is 1. The van der Waals surface area contributed by atoms with E-state index in [0.29, 0.717) is 30.9 Å². The number of aryl methyl sites for hydroxylation is 1. The molecule has 8 nitrogen and oxygen atoms in total. The molecule has 2 atom stereocenters. The van der Waals surface area contributed by atoms with E-state index in [1.807, 2.05) is 37.3 Å². The Hall–Kier alpha value is -3.20. The van der Waals surface area contributed by atoms with E-state index in [1.165, 1.54) is 6.07 Å². The summed E-state index contributed by atoms with van der Waals surface area (Å²) >= 11 is 0. The van der Waals surface area contributed by atoms with E-state index < -0.39 is 27.3 Å². The van der Waals surface area contributed by atoms with Gasteiger partial charge in [0, 0.05) is 18.8 Å². The van der Waals surface area contributed by atoms with Gasteiger partial charge in [-0.1, -0.05) is 36.4 Å². The topological polar surface area (TPSA) is 104 Å². The summed E-state index contributed by atoms with van der Waals surface area (Å²) in [6, 6.07) is 13.8. The Morgan fingerprint density at radius 2 is 1.89 bits per heavy atom. The van der Waals surface area contributed by atoms with Crippen LogP contribution in [0.15, 0.2) is 53.4 Å². The minimum absolute atomic E-state index is 0.0130. The monoisotopic (exact) mass is 495 g/mol. The van der Waals surface area contributed by atoms with Gasteiger partial charge in [-0.15, -0.1) is 0 Å². The van der Waals surface area contributed by atoms with E-state index in [2.05, 4.69) is 5.32 Å². The third-order valence-electron chi connectivity index (χ3n) is 7.52. The van der Waals surface area contributed by atoms with E-state index in [4.69, 9.17) is 0 Å². The highest BCUT2D eigenvalue weighted by atomic mass is 32.2. The lowest BCUT2D eigenvalue weighted by Crippen LogP contribution is -2.47. The molecule has 0 aromatic heterocycles. The lowest BCUT2D eigenvalue weighted by atomic mass is 9.92. The molecular formula is C26H29N3O5S. The summed E-state index contributed by atoms with van der Waals surface area (Å²) in [6.07, 6.45) is 4.07. The number of nitrogens with zero attached hydrogens (tertiary/aromatic N) is 2. The van der Waals surface area contributed by atoms with Crippen LogP contribution in [-0.2, 0) is 37.9 Å². The minimum atomic E-state index is -3.39. The number of rotatable bonds is 7. The second-order valence-electron chi connectivity index (χ2n) is 9.90. The van der Waals surface area contributed by atoms with Crippen LogP contribution in [0.4, 0.5) is 4.79 Å². The normalized spacial score (nSPS) is 22.3. The fourth-order valence-electron chi connectivity index (χ4n) is 5.30. The molecule has 1 saturated carbocycles. The maximum Gasteiger partial charge on any atom is 0.325 e. The van der Waals surface area contributed by atoms with Gasteiger partial charge in [-0.05, 0) is 67.3 Å². The fraction of sp³-hybridized carbons (Fsp3) is 0.423. The predicted molar refractivity (Wildman–Crippen MR) is 129 cm³/mol. The molecule has 5 rings (SSSR count). The van der Waals surface area contributed by atoms with Gasteiger partial charge in [-0.3, -0.25) is 14.5 Å². The number of urea groups is 1. The molecule has 4 amide bonds. The van der Waals surface area contributed by atoms with Crippen LogP contribution < -0.4 is 5.32 Å². The summed E-state index contributed by atoms with van der Waals surface area (Å²) in [5, 5.41) is 2.82.